The van der Waals surface area contributed by atoms with E-state index in [-0.39, 0.29) is 12.4 Å². The van der Waals surface area contributed by atoms with Gasteiger partial charge in [0.15, 0.2) is 18.1 Å². The van der Waals surface area contributed by atoms with Crippen molar-refractivity contribution in [2.24, 2.45) is 0 Å². The topological polar surface area (TPSA) is 71.3 Å². The number of benzene rings is 4. The molecule has 4 rings (SSSR count). The van der Waals surface area contributed by atoms with Gasteiger partial charge in [0.2, 0.25) is 0 Å². The van der Waals surface area contributed by atoms with Crippen molar-refractivity contribution in [2.75, 3.05) is 18.5 Å². The predicted octanol–water partition coefficient (Wildman–Crippen LogP) is 7.22. The van der Waals surface area contributed by atoms with Crippen molar-refractivity contribution in [1.29, 1.82) is 5.26 Å². The molecule has 0 fully saturated rings. The zero-order chi connectivity index (χ0) is 25.5. The van der Waals surface area contributed by atoms with E-state index in [0.29, 0.717) is 33.8 Å². The van der Waals surface area contributed by atoms with Gasteiger partial charge >= 0.3 is 0 Å². The fraction of sp³-hybridized carbons (Fsp3) is 0.103. The largest absolute Gasteiger partial charge is 0.490 e. The van der Waals surface area contributed by atoms with Gasteiger partial charge in [-0.2, -0.15) is 5.26 Å². The fourth-order valence-corrected chi connectivity index (χ4v) is 4.05. The van der Waals surface area contributed by atoms with Crippen LogP contribution in [0.25, 0.3) is 22.4 Å². The summed E-state index contributed by atoms with van der Waals surface area (Å²) in [5, 5.41) is 14.7. The molecule has 0 saturated carbocycles. The van der Waals surface area contributed by atoms with E-state index in [1.165, 1.54) is 24.3 Å². The highest BCUT2D eigenvalue weighted by Gasteiger charge is 2.13. The van der Waals surface area contributed by atoms with Crippen LogP contribution in [0.3, 0.4) is 0 Å². The number of hydrogen-bond donors (Lipinski definition) is 1. The average molecular weight is 545 g/mol. The number of nitriles is 1. The molecule has 180 valence electrons. The molecule has 0 spiro atoms. The van der Waals surface area contributed by atoms with E-state index in [4.69, 9.17) is 9.47 Å². The van der Waals surface area contributed by atoms with E-state index < -0.39 is 5.91 Å². The fourth-order valence-electron chi connectivity index (χ4n) is 3.61. The quantitative estimate of drug-likeness (QED) is 0.188. The van der Waals surface area contributed by atoms with Gasteiger partial charge in [-0.15, -0.1) is 0 Å². The highest BCUT2D eigenvalue weighted by molar-refractivity contribution is 9.10. The van der Waals surface area contributed by atoms with E-state index in [0.717, 1.165) is 21.9 Å². The Balaban J connectivity index is 1.56. The van der Waals surface area contributed by atoms with Crippen molar-refractivity contribution < 1.29 is 18.7 Å². The van der Waals surface area contributed by atoms with E-state index in [9.17, 15) is 14.4 Å². The van der Waals surface area contributed by atoms with Crippen LogP contribution in [-0.4, -0.2) is 19.1 Å². The van der Waals surface area contributed by atoms with Crippen LogP contribution in [0.2, 0.25) is 0 Å². The predicted molar refractivity (Wildman–Crippen MR) is 143 cm³/mol. The molecule has 0 saturated heterocycles. The van der Waals surface area contributed by atoms with Crippen LogP contribution in [0.1, 0.15) is 18.1 Å². The molecule has 36 heavy (non-hydrogen) atoms. The molecule has 4 aromatic rings. The maximum atomic E-state index is 13.1. The number of allylic oxidation sites excluding steroid dienone is 1. The minimum absolute atomic E-state index is 0.264. The zero-order valence-electron chi connectivity index (χ0n) is 19.4. The van der Waals surface area contributed by atoms with Gasteiger partial charge in [-0.1, -0.05) is 52.3 Å². The summed E-state index contributed by atoms with van der Waals surface area (Å²) in [4.78, 5) is 12.3. The first-order chi connectivity index (χ1) is 17.5. The number of halogens is 2. The average Bonchev–Trinajstić information content (AvgIpc) is 2.89. The van der Waals surface area contributed by atoms with Gasteiger partial charge in [0.1, 0.15) is 5.82 Å². The molecule has 0 heterocycles. The first-order valence-electron chi connectivity index (χ1n) is 11.2. The van der Waals surface area contributed by atoms with Crippen molar-refractivity contribution in [3.8, 4) is 17.6 Å². The van der Waals surface area contributed by atoms with Gasteiger partial charge in [-0.05, 0) is 77.4 Å². The Bertz CT molecular complexity index is 1480. The normalized spacial score (nSPS) is 11.1. The second-order valence-electron chi connectivity index (χ2n) is 7.83. The summed E-state index contributed by atoms with van der Waals surface area (Å²) in [6, 6.07) is 25.1. The summed E-state index contributed by atoms with van der Waals surface area (Å²) < 4.78 is 25.2. The van der Waals surface area contributed by atoms with Gasteiger partial charge in [0.05, 0.1) is 18.2 Å². The van der Waals surface area contributed by atoms with E-state index in [1.807, 2.05) is 49.4 Å². The number of anilines is 1. The lowest BCUT2D eigenvalue weighted by atomic mass is 10.00. The number of nitrogens with zero attached hydrogens (tertiary/aromatic N) is 1. The number of ether oxygens (including phenoxy) is 2. The maximum Gasteiger partial charge on any atom is 0.262 e. The molecule has 0 aliphatic heterocycles. The molecule has 0 atom stereocenters. The van der Waals surface area contributed by atoms with Crippen LogP contribution < -0.4 is 14.8 Å². The van der Waals surface area contributed by atoms with Gasteiger partial charge in [0.25, 0.3) is 5.91 Å². The van der Waals surface area contributed by atoms with Crippen LogP contribution in [0.15, 0.2) is 83.3 Å². The molecule has 0 aliphatic rings. The third-order valence-corrected chi connectivity index (χ3v) is 6.02. The Hall–Kier alpha value is -4.15. The Morgan fingerprint density at radius 2 is 1.72 bits per heavy atom. The number of fused-ring (bicyclic) bond motifs is 1. The second-order valence-corrected chi connectivity index (χ2v) is 8.68. The summed E-state index contributed by atoms with van der Waals surface area (Å²) in [5.41, 5.74) is 2.50. The third-order valence-electron chi connectivity index (χ3n) is 5.33. The number of nitrogens with one attached hydrogen (secondary N) is 1. The van der Waals surface area contributed by atoms with Gasteiger partial charge in [-0.3, -0.25) is 4.79 Å². The monoisotopic (exact) mass is 544 g/mol. The molecule has 0 bridgehead atoms. The van der Waals surface area contributed by atoms with Crippen LogP contribution >= 0.6 is 15.9 Å². The molecular formula is C29H22BrFN2O3. The molecule has 5 nitrogen and oxygen atoms in total. The summed E-state index contributed by atoms with van der Waals surface area (Å²) in [6.07, 6.45) is 1.78. The van der Waals surface area contributed by atoms with E-state index in [2.05, 4.69) is 27.3 Å². The third kappa shape index (κ3) is 6.09. The van der Waals surface area contributed by atoms with Crippen LogP contribution in [0, 0.1) is 17.1 Å². The molecule has 1 amide bonds. The summed E-state index contributed by atoms with van der Waals surface area (Å²) in [7, 11) is 0. The van der Waals surface area contributed by atoms with Gasteiger partial charge in [0, 0.05) is 10.2 Å². The van der Waals surface area contributed by atoms with Gasteiger partial charge in [-0.25, -0.2) is 4.39 Å². The minimum Gasteiger partial charge on any atom is -0.490 e. The molecule has 1 N–H and O–H groups in total. The summed E-state index contributed by atoms with van der Waals surface area (Å²) in [6.45, 7) is 1.97. The first kappa shape index (κ1) is 25.0. The number of carbonyl (C=O) groups is 1. The van der Waals surface area contributed by atoms with Crippen LogP contribution in [0.4, 0.5) is 10.1 Å². The number of amides is 1. The van der Waals surface area contributed by atoms with Crippen LogP contribution in [0.5, 0.6) is 11.5 Å². The van der Waals surface area contributed by atoms with Crippen molar-refractivity contribution in [1.82, 2.24) is 0 Å². The molecule has 0 unspecified atom stereocenters. The SMILES string of the molecule is CCOc1cc(/C=C(/C#N)c2ccc3ccccc3c2)c(Br)cc1OCC(=O)Nc1ccc(F)cc1. The first-order valence-corrected chi connectivity index (χ1v) is 12.0. The molecule has 4 aromatic carbocycles. The van der Waals surface area contributed by atoms with E-state index in [1.54, 1.807) is 18.2 Å². The Morgan fingerprint density at radius 3 is 2.44 bits per heavy atom. The number of hydrogen-bond acceptors (Lipinski definition) is 4. The highest BCUT2D eigenvalue weighted by atomic mass is 79.9. The number of carbonyl (C=O) groups excluding carboxylic acids is 1. The van der Waals surface area contributed by atoms with Crippen molar-refractivity contribution in [3.63, 3.8) is 0 Å². The van der Waals surface area contributed by atoms with Gasteiger partial charge < -0.3 is 14.8 Å². The number of rotatable bonds is 8. The highest BCUT2D eigenvalue weighted by Crippen LogP contribution is 2.36. The Morgan fingerprint density at radius 1 is 1.00 bits per heavy atom. The van der Waals surface area contributed by atoms with Crippen molar-refractivity contribution in [2.45, 2.75) is 6.92 Å². The lowest BCUT2D eigenvalue weighted by Crippen LogP contribution is -2.20. The molecule has 0 aromatic heterocycles. The van der Waals surface area contributed by atoms with Crippen molar-refractivity contribution in [3.05, 3.63) is 100 Å². The molecule has 0 radical (unpaired) electrons. The lowest BCUT2D eigenvalue weighted by molar-refractivity contribution is -0.118. The molecular weight excluding hydrogens is 523 g/mol. The smallest absolute Gasteiger partial charge is 0.262 e. The van der Waals surface area contributed by atoms with Crippen molar-refractivity contribution >= 4 is 49.9 Å². The Kier molecular flexibility index (Phi) is 7.99. The maximum absolute atomic E-state index is 13.1. The second kappa shape index (κ2) is 11.5. The minimum atomic E-state index is -0.396. The van der Waals surface area contributed by atoms with Crippen LogP contribution in [-0.2, 0) is 4.79 Å². The molecule has 7 heteroatoms. The Labute approximate surface area is 216 Å². The zero-order valence-corrected chi connectivity index (χ0v) is 21.0. The summed E-state index contributed by atoms with van der Waals surface area (Å²) in [5.74, 6) is 0.0358. The summed E-state index contributed by atoms with van der Waals surface area (Å²) >= 11 is 3.54. The molecule has 0 aliphatic carbocycles. The van der Waals surface area contributed by atoms with E-state index >= 15 is 0 Å². The lowest BCUT2D eigenvalue weighted by Gasteiger charge is -2.14. The standard InChI is InChI=1S/C29H22BrFN2O3/c1-2-35-27-15-22(14-23(17-32)21-8-7-19-5-3-4-6-20(19)13-21)26(30)16-28(27)36-18-29(34)33-25-11-9-24(31)10-12-25/h3-16H,2,18H2,1H3,(H,33,34)/b23-14-.